The number of amides is 1. The van der Waals surface area contributed by atoms with Crippen molar-refractivity contribution in [2.24, 2.45) is 0 Å². The third-order valence-corrected chi connectivity index (χ3v) is 4.52. The molecule has 23 heavy (non-hydrogen) atoms. The van der Waals surface area contributed by atoms with Crippen LogP contribution >= 0.6 is 15.9 Å². The molecule has 1 fully saturated rings. The van der Waals surface area contributed by atoms with Crippen LogP contribution in [-0.2, 0) is 0 Å². The maximum atomic E-state index is 12.1. The lowest BCUT2D eigenvalue weighted by Crippen LogP contribution is -2.44. The number of aryl methyl sites for hydroxylation is 1. The topological polar surface area (TPSA) is 48.7 Å². The van der Waals surface area contributed by atoms with Crippen LogP contribution in [0.3, 0.4) is 0 Å². The van der Waals surface area contributed by atoms with Gasteiger partial charge in [-0.05, 0) is 65.8 Å². The first-order chi connectivity index (χ1) is 11.0. The number of likely N-dealkylation sites (N-methyl/N-ethyl adjacent to an activating group) is 1. The van der Waals surface area contributed by atoms with Crippen molar-refractivity contribution in [1.82, 2.24) is 4.90 Å². The highest BCUT2D eigenvalue weighted by Gasteiger charge is 2.16. The molecule has 1 aliphatic rings. The summed E-state index contributed by atoms with van der Waals surface area (Å²) in [5.74, 6) is 0.0418. The summed E-state index contributed by atoms with van der Waals surface area (Å²) in [4.78, 5) is 16.8. The lowest BCUT2D eigenvalue weighted by Gasteiger charge is -2.35. The Bertz CT molecular complexity index is 706. The van der Waals surface area contributed by atoms with E-state index in [2.05, 4.69) is 51.1 Å². The van der Waals surface area contributed by atoms with E-state index in [1.165, 1.54) is 5.69 Å². The molecule has 0 saturated carbocycles. The van der Waals surface area contributed by atoms with E-state index in [1.54, 1.807) is 12.1 Å². The Kier molecular flexibility index (Phi) is 4.73. The molecular formula is C17H20BrN3O2. The van der Waals surface area contributed by atoms with Crippen LogP contribution < -0.4 is 10.2 Å². The summed E-state index contributed by atoms with van der Waals surface area (Å²) >= 11 is 3.20. The van der Waals surface area contributed by atoms with E-state index in [4.69, 9.17) is 4.42 Å². The van der Waals surface area contributed by atoms with Crippen LogP contribution in [0.2, 0.25) is 0 Å². The molecule has 5 nitrogen and oxygen atoms in total. The molecule has 0 spiro atoms. The van der Waals surface area contributed by atoms with E-state index >= 15 is 0 Å². The molecular weight excluding hydrogens is 358 g/mol. The van der Waals surface area contributed by atoms with Gasteiger partial charge in [0.2, 0.25) is 0 Å². The molecule has 0 radical (unpaired) electrons. The molecule has 1 aliphatic heterocycles. The molecule has 2 heterocycles. The summed E-state index contributed by atoms with van der Waals surface area (Å²) in [7, 11) is 2.15. The summed E-state index contributed by atoms with van der Waals surface area (Å²) in [5.41, 5.74) is 3.17. The number of piperazine rings is 1. The second kappa shape index (κ2) is 6.76. The van der Waals surface area contributed by atoms with Crippen LogP contribution in [0, 0.1) is 6.92 Å². The van der Waals surface area contributed by atoms with Crippen molar-refractivity contribution in [3.8, 4) is 0 Å². The number of rotatable bonds is 3. The fourth-order valence-electron chi connectivity index (χ4n) is 2.76. The molecule has 2 aromatic rings. The summed E-state index contributed by atoms with van der Waals surface area (Å²) < 4.78 is 5.81. The number of carbonyl (C=O) groups excluding carboxylic acids is 1. The maximum absolute atomic E-state index is 12.1. The van der Waals surface area contributed by atoms with Crippen LogP contribution in [-0.4, -0.2) is 44.0 Å². The molecule has 122 valence electrons. The fourth-order valence-corrected chi connectivity index (χ4v) is 3.07. The minimum Gasteiger partial charge on any atom is -0.444 e. The Morgan fingerprint density at radius 2 is 1.91 bits per heavy atom. The van der Waals surface area contributed by atoms with E-state index in [0.717, 1.165) is 37.4 Å². The van der Waals surface area contributed by atoms with Gasteiger partial charge in [-0.3, -0.25) is 4.79 Å². The van der Waals surface area contributed by atoms with Crippen molar-refractivity contribution in [2.75, 3.05) is 43.4 Å². The van der Waals surface area contributed by atoms with Gasteiger partial charge in [-0.15, -0.1) is 0 Å². The molecule has 1 aromatic carbocycles. The first kappa shape index (κ1) is 16.1. The number of hydrogen-bond acceptors (Lipinski definition) is 4. The number of benzene rings is 1. The molecule has 0 atom stereocenters. The van der Waals surface area contributed by atoms with E-state index < -0.39 is 0 Å². The molecule has 3 rings (SSSR count). The van der Waals surface area contributed by atoms with Crippen LogP contribution in [0.1, 0.15) is 16.1 Å². The number of nitrogens with one attached hydrogen (secondary N) is 1. The van der Waals surface area contributed by atoms with Gasteiger partial charge in [-0.25, -0.2) is 0 Å². The summed E-state index contributed by atoms with van der Waals surface area (Å²) in [5, 5.41) is 2.87. The number of hydrogen-bond donors (Lipinski definition) is 1. The van der Waals surface area contributed by atoms with Gasteiger partial charge in [-0.2, -0.15) is 0 Å². The van der Waals surface area contributed by atoms with Crippen molar-refractivity contribution < 1.29 is 9.21 Å². The summed E-state index contributed by atoms with van der Waals surface area (Å²) in [6.45, 7) is 6.29. The standard InChI is InChI=1S/C17H20BrN3O2/c1-12-11-13(19-17(22)15-5-6-16(18)23-15)3-4-14(12)21-9-7-20(2)8-10-21/h3-6,11H,7-10H2,1-2H3,(H,19,22). The monoisotopic (exact) mass is 377 g/mol. The molecule has 0 unspecified atom stereocenters. The molecule has 1 saturated heterocycles. The first-order valence-corrected chi connectivity index (χ1v) is 8.43. The molecule has 1 amide bonds. The molecule has 1 N–H and O–H groups in total. The average Bonchev–Trinajstić information content (AvgIpc) is 2.95. The van der Waals surface area contributed by atoms with Crippen LogP contribution in [0.5, 0.6) is 0 Å². The van der Waals surface area contributed by atoms with Crippen molar-refractivity contribution in [3.05, 3.63) is 46.3 Å². The van der Waals surface area contributed by atoms with Crippen LogP contribution in [0.15, 0.2) is 39.4 Å². The summed E-state index contributed by atoms with van der Waals surface area (Å²) in [6, 6.07) is 9.37. The van der Waals surface area contributed by atoms with Gasteiger partial charge in [0, 0.05) is 37.6 Å². The second-order valence-electron chi connectivity index (χ2n) is 5.85. The van der Waals surface area contributed by atoms with Gasteiger partial charge >= 0.3 is 0 Å². The van der Waals surface area contributed by atoms with Gasteiger partial charge < -0.3 is 19.5 Å². The van der Waals surface area contributed by atoms with E-state index in [9.17, 15) is 4.79 Å². The fraction of sp³-hybridized carbons (Fsp3) is 0.353. The number of furan rings is 1. The van der Waals surface area contributed by atoms with E-state index in [0.29, 0.717) is 4.67 Å². The van der Waals surface area contributed by atoms with Crippen molar-refractivity contribution in [1.29, 1.82) is 0 Å². The molecule has 0 aliphatic carbocycles. The zero-order chi connectivity index (χ0) is 16.4. The highest BCUT2D eigenvalue weighted by atomic mass is 79.9. The van der Waals surface area contributed by atoms with Gasteiger partial charge in [0.25, 0.3) is 5.91 Å². The maximum Gasteiger partial charge on any atom is 0.291 e. The number of carbonyl (C=O) groups is 1. The zero-order valence-corrected chi connectivity index (χ0v) is 14.9. The highest BCUT2D eigenvalue weighted by Crippen LogP contribution is 2.25. The van der Waals surface area contributed by atoms with Crippen molar-refractivity contribution in [2.45, 2.75) is 6.92 Å². The summed E-state index contributed by atoms with van der Waals surface area (Å²) in [6.07, 6.45) is 0. The van der Waals surface area contributed by atoms with Gasteiger partial charge in [0.05, 0.1) is 0 Å². The lowest BCUT2D eigenvalue weighted by molar-refractivity contribution is 0.0995. The minimum atomic E-state index is -0.248. The number of halogens is 1. The molecule has 0 bridgehead atoms. The lowest BCUT2D eigenvalue weighted by atomic mass is 10.1. The van der Waals surface area contributed by atoms with E-state index in [1.807, 2.05) is 12.1 Å². The Hall–Kier alpha value is -1.79. The molecule has 1 aromatic heterocycles. The SMILES string of the molecule is Cc1cc(NC(=O)c2ccc(Br)o2)ccc1N1CCN(C)CC1. The van der Waals surface area contributed by atoms with Gasteiger partial charge in [-0.1, -0.05) is 0 Å². The normalized spacial score (nSPS) is 15.7. The Morgan fingerprint density at radius 1 is 1.17 bits per heavy atom. The number of nitrogens with zero attached hydrogens (tertiary/aromatic N) is 2. The van der Waals surface area contributed by atoms with Crippen molar-refractivity contribution >= 4 is 33.2 Å². The molecule has 6 heteroatoms. The Labute approximate surface area is 144 Å². The second-order valence-corrected chi connectivity index (χ2v) is 6.63. The zero-order valence-electron chi connectivity index (χ0n) is 13.3. The predicted octanol–water partition coefficient (Wildman–Crippen LogP) is 3.35. The van der Waals surface area contributed by atoms with Crippen LogP contribution in [0.4, 0.5) is 11.4 Å². The first-order valence-electron chi connectivity index (χ1n) is 7.64. The van der Waals surface area contributed by atoms with E-state index in [-0.39, 0.29) is 11.7 Å². The van der Waals surface area contributed by atoms with Crippen LogP contribution in [0.25, 0.3) is 0 Å². The largest absolute Gasteiger partial charge is 0.444 e. The highest BCUT2D eigenvalue weighted by molar-refractivity contribution is 9.10. The Morgan fingerprint density at radius 3 is 2.52 bits per heavy atom. The third-order valence-electron chi connectivity index (χ3n) is 4.10. The van der Waals surface area contributed by atoms with Crippen molar-refractivity contribution in [3.63, 3.8) is 0 Å². The third kappa shape index (κ3) is 3.76. The average molecular weight is 378 g/mol. The van der Waals surface area contributed by atoms with Gasteiger partial charge in [0.1, 0.15) is 0 Å². The quantitative estimate of drug-likeness (QED) is 0.890. The smallest absolute Gasteiger partial charge is 0.291 e. The van der Waals surface area contributed by atoms with Gasteiger partial charge in [0.15, 0.2) is 10.4 Å². The number of anilines is 2. The predicted molar refractivity (Wildman–Crippen MR) is 95.3 cm³/mol. The Balaban J connectivity index is 1.70. The minimum absolute atomic E-state index is 0.248.